The zero-order valence-electron chi connectivity index (χ0n) is 15.7. The number of benzene rings is 2. The van der Waals surface area contributed by atoms with Gasteiger partial charge in [0.2, 0.25) is 0 Å². The summed E-state index contributed by atoms with van der Waals surface area (Å²) in [7, 11) is 0. The van der Waals surface area contributed by atoms with Crippen LogP contribution in [0.3, 0.4) is 0 Å². The SMILES string of the molecule is CCN(CC)CCOc1ccc(NC(=O)C#Cc2ccc(Br)cc2Cl)cc1Cl. The van der Waals surface area contributed by atoms with Crippen LogP contribution in [0.15, 0.2) is 40.9 Å². The summed E-state index contributed by atoms with van der Waals surface area (Å²) < 4.78 is 6.57. The molecular formula is C21H21BrCl2N2O2. The van der Waals surface area contributed by atoms with Crippen molar-refractivity contribution in [3.63, 3.8) is 0 Å². The first-order chi connectivity index (χ1) is 13.4. The minimum Gasteiger partial charge on any atom is -0.491 e. The van der Waals surface area contributed by atoms with Crippen molar-refractivity contribution in [2.45, 2.75) is 13.8 Å². The Morgan fingerprint density at radius 2 is 1.89 bits per heavy atom. The van der Waals surface area contributed by atoms with Crippen LogP contribution < -0.4 is 10.1 Å². The van der Waals surface area contributed by atoms with Crippen LogP contribution in [0, 0.1) is 11.8 Å². The second-order valence-corrected chi connectivity index (χ2v) is 7.58. The van der Waals surface area contributed by atoms with Crippen molar-refractivity contribution < 1.29 is 9.53 Å². The topological polar surface area (TPSA) is 41.6 Å². The first kappa shape index (κ1) is 22.6. The third-order valence-corrected chi connectivity index (χ3v) is 5.09. The Morgan fingerprint density at radius 1 is 1.14 bits per heavy atom. The summed E-state index contributed by atoms with van der Waals surface area (Å²) in [4.78, 5) is 14.3. The summed E-state index contributed by atoms with van der Waals surface area (Å²) in [5.41, 5.74) is 1.12. The molecule has 7 heteroatoms. The number of ether oxygens (including phenoxy) is 1. The number of nitrogens with zero attached hydrogens (tertiary/aromatic N) is 1. The molecule has 0 heterocycles. The Hall–Kier alpha value is -1.71. The summed E-state index contributed by atoms with van der Waals surface area (Å²) >= 11 is 15.7. The van der Waals surface area contributed by atoms with Crippen molar-refractivity contribution in [2.75, 3.05) is 31.6 Å². The third-order valence-electron chi connectivity index (χ3n) is 3.99. The number of anilines is 1. The van der Waals surface area contributed by atoms with Gasteiger partial charge >= 0.3 is 5.91 Å². The van der Waals surface area contributed by atoms with E-state index in [-0.39, 0.29) is 0 Å². The molecule has 0 saturated heterocycles. The number of halogens is 3. The molecule has 0 spiro atoms. The van der Waals surface area contributed by atoms with Crippen LogP contribution in [-0.2, 0) is 4.79 Å². The highest BCUT2D eigenvalue weighted by molar-refractivity contribution is 9.10. The van der Waals surface area contributed by atoms with Gasteiger partial charge in [-0.2, -0.15) is 0 Å². The van der Waals surface area contributed by atoms with Crippen molar-refractivity contribution in [2.24, 2.45) is 0 Å². The van der Waals surface area contributed by atoms with Crippen molar-refractivity contribution in [1.82, 2.24) is 4.90 Å². The van der Waals surface area contributed by atoms with E-state index in [1.165, 1.54) is 0 Å². The predicted octanol–water partition coefficient (Wildman–Crippen LogP) is 5.47. The van der Waals surface area contributed by atoms with Gasteiger partial charge in [-0.1, -0.05) is 58.9 Å². The van der Waals surface area contributed by atoms with Gasteiger partial charge in [-0.25, -0.2) is 0 Å². The maximum atomic E-state index is 12.1. The molecule has 0 atom stereocenters. The molecule has 2 aromatic rings. The van der Waals surface area contributed by atoms with E-state index in [4.69, 9.17) is 27.9 Å². The molecule has 4 nitrogen and oxygen atoms in total. The minimum absolute atomic E-state index is 0.432. The fourth-order valence-corrected chi connectivity index (χ4v) is 3.35. The van der Waals surface area contributed by atoms with Gasteiger partial charge in [0.1, 0.15) is 12.4 Å². The molecule has 1 amide bonds. The average Bonchev–Trinajstić information content (AvgIpc) is 2.66. The average molecular weight is 484 g/mol. The number of carbonyl (C=O) groups is 1. The molecule has 0 radical (unpaired) electrons. The minimum atomic E-state index is -0.453. The molecule has 0 aliphatic carbocycles. The highest BCUT2D eigenvalue weighted by Crippen LogP contribution is 2.27. The molecule has 0 bridgehead atoms. The lowest BCUT2D eigenvalue weighted by molar-refractivity contribution is -0.111. The van der Waals surface area contributed by atoms with Crippen molar-refractivity contribution in [3.8, 4) is 17.6 Å². The maximum Gasteiger partial charge on any atom is 0.300 e. The fourth-order valence-electron chi connectivity index (χ4n) is 2.40. The maximum absolute atomic E-state index is 12.1. The third kappa shape index (κ3) is 7.03. The van der Waals surface area contributed by atoms with Crippen molar-refractivity contribution in [3.05, 3.63) is 56.5 Å². The molecule has 0 unspecified atom stereocenters. The number of amides is 1. The fraction of sp³-hybridized carbons (Fsp3) is 0.286. The molecule has 0 fully saturated rings. The molecule has 0 aliphatic heterocycles. The monoisotopic (exact) mass is 482 g/mol. The lowest BCUT2D eigenvalue weighted by atomic mass is 10.2. The van der Waals surface area contributed by atoms with Crippen molar-refractivity contribution >= 4 is 50.7 Å². The van der Waals surface area contributed by atoms with E-state index < -0.39 is 5.91 Å². The molecule has 148 valence electrons. The smallest absolute Gasteiger partial charge is 0.300 e. The summed E-state index contributed by atoms with van der Waals surface area (Å²) in [5.74, 6) is 5.41. The van der Waals surface area contributed by atoms with Gasteiger partial charge in [-0.15, -0.1) is 0 Å². The first-order valence-corrected chi connectivity index (χ1v) is 10.4. The number of likely N-dealkylation sites (N-methyl/N-ethyl adjacent to an activating group) is 1. The second-order valence-electron chi connectivity index (χ2n) is 5.85. The van der Waals surface area contributed by atoms with E-state index in [0.717, 1.165) is 24.1 Å². The van der Waals surface area contributed by atoms with Gasteiger partial charge in [0.15, 0.2) is 0 Å². The van der Waals surface area contributed by atoms with Crippen LogP contribution in [0.5, 0.6) is 5.75 Å². The van der Waals surface area contributed by atoms with Gasteiger partial charge < -0.3 is 15.0 Å². The molecule has 2 aromatic carbocycles. The van der Waals surface area contributed by atoms with E-state index in [2.05, 4.69) is 51.8 Å². The Bertz CT molecular complexity index is 890. The Balaban J connectivity index is 1.95. The van der Waals surface area contributed by atoms with E-state index in [9.17, 15) is 4.79 Å². The van der Waals surface area contributed by atoms with Gasteiger partial charge in [0.25, 0.3) is 0 Å². The van der Waals surface area contributed by atoms with Gasteiger partial charge in [-0.05, 0) is 49.5 Å². The standard InChI is InChI=1S/C21H21BrCl2N2O2/c1-3-26(4-2)11-12-28-20-9-8-17(14-19(20)24)25-21(27)10-6-15-5-7-16(22)13-18(15)23/h5,7-9,13-14H,3-4,11-12H2,1-2H3,(H,25,27). The van der Waals surface area contributed by atoms with Crippen LogP contribution in [0.4, 0.5) is 5.69 Å². The summed E-state index contributed by atoms with van der Waals surface area (Å²) in [5, 5.41) is 3.60. The molecule has 0 aliphatic rings. The summed E-state index contributed by atoms with van der Waals surface area (Å²) in [6.07, 6.45) is 0. The molecule has 0 saturated carbocycles. The van der Waals surface area contributed by atoms with Gasteiger partial charge in [0, 0.05) is 28.2 Å². The highest BCUT2D eigenvalue weighted by Gasteiger charge is 2.06. The largest absolute Gasteiger partial charge is 0.491 e. The van der Waals surface area contributed by atoms with Crippen LogP contribution >= 0.6 is 39.1 Å². The zero-order chi connectivity index (χ0) is 20.5. The van der Waals surface area contributed by atoms with Crippen LogP contribution in [0.25, 0.3) is 0 Å². The number of hydrogen-bond donors (Lipinski definition) is 1. The van der Waals surface area contributed by atoms with E-state index >= 15 is 0 Å². The molecular weight excluding hydrogens is 463 g/mol. The van der Waals surface area contributed by atoms with Crippen molar-refractivity contribution in [1.29, 1.82) is 0 Å². The lowest BCUT2D eigenvalue weighted by Crippen LogP contribution is -2.27. The summed E-state index contributed by atoms with van der Waals surface area (Å²) in [6.45, 7) is 7.56. The Labute approximate surface area is 184 Å². The highest BCUT2D eigenvalue weighted by atomic mass is 79.9. The van der Waals surface area contributed by atoms with Gasteiger partial charge in [-0.3, -0.25) is 4.79 Å². The Morgan fingerprint density at radius 3 is 2.54 bits per heavy atom. The second kappa shape index (κ2) is 11.3. The summed E-state index contributed by atoms with van der Waals surface area (Å²) in [6, 6.07) is 10.4. The van der Waals surface area contributed by atoms with E-state index in [1.807, 2.05) is 6.07 Å². The van der Waals surface area contributed by atoms with E-state index in [0.29, 0.717) is 33.7 Å². The zero-order valence-corrected chi connectivity index (χ0v) is 18.8. The van der Waals surface area contributed by atoms with Crippen LogP contribution in [0.2, 0.25) is 10.0 Å². The number of carbonyl (C=O) groups excluding carboxylic acids is 1. The number of rotatable bonds is 7. The predicted molar refractivity (Wildman–Crippen MR) is 119 cm³/mol. The quantitative estimate of drug-likeness (QED) is 0.531. The lowest BCUT2D eigenvalue weighted by Gasteiger charge is -2.18. The molecule has 2 rings (SSSR count). The number of nitrogens with one attached hydrogen (secondary N) is 1. The normalized spacial score (nSPS) is 10.4. The molecule has 0 aromatic heterocycles. The van der Waals surface area contributed by atoms with Crippen LogP contribution in [0.1, 0.15) is 19.4 Å². The van der Waals surface area contributed by atoms with Crippen LogP contribution in [-0.4, -0.2) is 37.0 Å². The van der Waals surface area contributed by atoms with Gasteiger partial charge in [0.05, 0.1) is 10.0 Å². The molecule has 1 N–H and O–H groups in total. The molecule has 28 heavy (non-hydrogen) atoms. The van der Waals surface area contributed by atoms with E-state index in [1.54, 1.807) is 30.3 Å². The Kier molecular flexibility index (Phi) is 9.14. The number of hydrogen-bond acceptors (Lipinski definition) is 3. The first-order valence-electron chi connectivity index (χ1n) is 8.85.